The van der Waals surface area contributed by atoms with Crippen molar-refractivity contribution in [3.8, 4) is 5.69 Å². The largest absolute Gasteiger partial charge is 0.317 e. The first-order valence-electron chi connectivity index (χ1n) is 11.4. The van der Waals surface area contributed by atoms with E-state index < -0.39 is 0 Å². The van der Waals surface area contributed by atoms with Crippen LogP contribution in [0.2, 0.25) is 0 Å². The fourth-order valence-corrected chi connectivity index (χ4v) is 5.67. The third-order valence-corrected chi connectivity index (χ3v) is 7.29. The molecule has 6 heteroatoms. The van der Waals surface area contributed by atoms with E-state index in [4.69, 9.17) is 5.41 Å². The average Bonchev–Trinajstić information content (AvgIpc) is 3.42. The van der Waals surface area contributed by atoms with Crippen LogP contribution in [0.3, 0.4) is 0 Å². The van der Waals surface area contributed by atoms with Crippen molar-refractivity contribution in [2.45, 2.75) is 13.8 Å². The summed E-state index contributed by atoms with van der Waals surface area (Å²) in [6, 6.07) is 26.6. The van der Waals surface area contributed by atoms with Crippen LogP contribution in [0.25, 0.3) is 28.2 Å². The third-order valence-electron chi connectivity index (χ3n) is 6.46. The Balaban J connectivity index is 1.43. The Morgan fingerprint density at radius 1 is 0.943 bits per heavy atom. The molecule has 0 spiro atoms. The summed E-state index contributed by atoms with van der Waals surface area (Å²) < 4.78 is 2.21. The van der Waals surface area contributed by atoms with Gasteiger partial charge in [-0.25, -0.2) is 0 Å². The van der Waals surface area contributed by atoms with Gasteiger partial charge >= 0.3 is 0 Å². The Bertz CT molecular complexity index is 1620. The number of fused-ring (bicyclic) bond motifs is 2. The predicted molar refractivity (Wildman–Crippen MR) is 145 cm³/mol. The molecule has 1 amide bonds. The highest BCUT2D eigenvalue weighted by Crippen LogP contribution is 2.37. The monoisotopic (exact) mass is 474 g/mol. The molecule has 4 aromatic rings. The van der Waals surface area contributed by atoms with E-state index in [9.17, 15) is 4.79 Å². The number of aryl methyl sites for hydroxylation is 1. The Morgan fingerprint density at radius 3 is 2.51 bits per heavy atom. The molecule has 0 radical (unpaired) electrons. The van der Waals surface area contributed by atoms with Crippen LogP contribution in [-0.4, -0.2) is 26.4 Å². The molecule has 0 saturated carbocycles. The lowest BCUT2D eigenvalue weighted by molar-refractivity contribution is -0.114. The Morgan fingerprint density at radius 2 is 1.69 bits per heavy atom. The highest BCUT2D eigenvalue weighted by Gasteiger charge is 2.36. The zero-order chi connectivity index (χ0) is 24.1. The summed E-state index contributed by atoms with van der Waals surface area (Å²) in [5.41, 5.74) is 6.20. The van der Waals surface area contributed by atoms with Gasteiger partial charge in [-0.3, -0.25) is 15.1 Å². The van der Waals surface area contributed by atoms with Gasteiger partial charge in [0.05, 0.1) is 17.0 Å². The maximum atomic E-state index is 13.0. The van der Waals surface area contributed by atoms with Gasteiger partial charge in [0.2, 0.25) is 0 Å². The number of hydrogen-bond donors (Lipinski definition) is 1. The van der Waals surface area contributed by atoms with Gasteiger partial charge in [0.1, 0.15) is 5.84 Å². The summed E-state index contributed by atoms with van der Waals surface area (Å²) in [7, 11) is 0. The highest BCUT2D eigenvalue weighted by molar-refractivity contribution is 8.17. The molecule has 3 heterocycles. The van der Waals surface area contributed by atoms with Crippen LogP contribution < -0.4 is 0 Å². The van der Waals surface area contributed by atoms with Crippen LogP contribution in [0, 0.1) is 19.3 Å². The van der Waals surface area contributed by atoms with E-state index in [1.54, 1.807) is 11.0 Å². The number of amides is 1. The number of benzene rings is 3. The number of carbonyl (C=O) groups excluding carboxylic acids is 1. The second-order valence-electron chi connectivity index (χ2n) is 8.59. The van der Waals surface area contributed by atoms with E-state index in [0.717, 1.165) is 33.9 Å². The van der Waals surface area contributed by atoms with Gasteiger partial charge in [0.25, 0.3) is 5.91 Å². The second kappa shape index (κ2) is 8.25. The van der Waals surface area contributed by atoms with E-state index in [2.05, 4.69) is 52.9 Å². The molecule has 0 atom stereocenters. The Kier molecular flexibility index (Phi) is 5.04. The molecule has 1 N–H and O–H groups in total. The Hall–Kier alpha value is -4.16. The minimum atomic E-state index is -0.383. The zero-order valence-corrected chi connectivity index (χ0v) is 20.1. The van der Waals surface area contributed by atoms with Gasteiger partial charge in [-0.05, 0) is 48.6 Å². The van der Waals surface area contributed by atoms with E-state index in [-0.39, 0.29) is 17.3 Å². The molecule has 1 aromatic heterocycles. The van der Waals surface area contributed by atoms with Crippen molar-refractivity contribution in [1.29, 1.82) is 5.41 Å². The number of nitrogens with one attached hydrogen (secondary N) is 1. The smallest absolute Gasteiger partial charge is 0.283 e. The number of hydrogen-bond acceptors (Lipinski definition) is 3. The fraction of sp³-hybridized carbons (Fsp3) is 0.0690. The van der Waals surface area contributed by atoms with E-state index >= 15 is 0 Å². The molecule has 0 unspecified atom stereocenters. The van der Waals surface area contributed by atoms with Crippen molar-refractivity contribution in [2.24, 2.45) is 4.99 Å². The molecular formula is C29H22N4OS. The van der Waals surface area contributed by atoms with Crippen molar-refractivity contribution in [2.75, 3.05) is 0 Å². The second-order valence-corrected chi connectivity index (χ2v) is 9.43. The zero-order valence-electron chi connectivity index (χ0n) is 19.3. The summed E-state index contributed by atoms with van der Waals surface area (Å²) in [6.45, 7) is 4.11. The van der Waals surface area contributed by atoms with Crippen molar-refractivity contribution >= 4 is 51.2 Å². The highest BCUT2D eigenvalue weighted by atomic mass is 32.2. The first-order chi connectivity index (χ1) is 17.0. The van der Waals surface area contributed by atoms with E-state index in [1.165, 1.54) is 22.5 Å². The minimum Gasteiger partial charge on any atom is -0.317 e. The van der Waals surface area contributed by atoms with Crippen molar-refractivity contribution < 1.29 is 4.79 Å². The summed E-state index contributed by atoms with van der Waals surface area (Å²) in [5, 5.41) is 13.7. The van der Waals surface area contributed by atoms with Crippen molar-refractivity contribution in [1.82, 2.24) is 9.47 Å². The third kappa shape index (κ3) is 3.45. The molecule has 35 heavy (non-hydrogen) atoms. The number of carbonyl (C=O) groups is 1. The van der Waals surface area contributed by atoms with Crippen LogP contribution in [-0.2, 0) is 4.79 Å². The number of nitrogens with zero attached hydrogens (tertiary/aromatic N) is 3. The van der Waals surface area contributed by atoms with E-state index in [0.29, 0.717) is 5.17 Å². The molecule has 0 aliphatic carbocycles. The summed E-state index contributed by atoms with van der Waals surface area (Å²) >= 11 is 1.37. The van der Waals surface area contributed by atoms with Crippen LogP contribution in [0.5, 0.6) is 0 Å². The van der Waals surface area contributed by atoms with Crippen LogP contribution >= 0.6 is 11.8 Å². The molecule has 5 nitrogen and oxygen atoms in total. The van der Waals surface area contributed by atoms with Crippen LogP contribution in [0.1, 0.15) is 22.5 Å². The SMILES string of the molecule is Cc1cc(C=C2C(=N)N3C(c4ccccc4)=CSC3=NC2=O)c(C)n1-c1cccc2ccccc12. The molecule has 3 aromatic carbocycles. The Labute approximate surface area is 207 Å². The molecule has 170 valence electrons. The first-order valence-corrected chi connectivity index (χ1v) is 12.2. The minimum absolute atomic E-state index is 0.148. The lowest BCUT2D eigenvalue weighted by Gasteiger charge is -2.26. The van der Waals surface area contributed by atoms with Gasteiger partial charge < -0.3 is 4.57 Å². The summed E-state index contributed by atoms with van der Waals surface area (Å²) in [5.74, 6) is -0.235. The number of aromatic nitrogens is 1. The topological polar surface area (TPSA) is 61.5 Å². The lowest BCUT2D eigenvalue weighted by Crippen LogP contribution is -2.38. The number of thioether (sulfide) groups is 1. The fourth-order valence-electron chi connectivity index (χ4n) is 4.78. The average molecular weight is 475 g/mol. The van der Waals surface area contributed by atoms with Crippen LogP contribution in [0.4, 0.5) is 0 Å². The maximum absolute atomic E-state index is 13.0. The predicted octanol–water partition coefficient (Wildman–Crippen LogP) is 6.55. The quantitative estimate of drug-likeness (QED) is 0.343. The van der Waals surface area contributed by atoms with Crippen LogP contribution in [0.15, 0.2) is 94.8 Å². The molecule has 2 aliphatic rings. The molecule has 6 rings (SSSR count). The van der Waals surface area contributed by atoms with Gasteiger partial charge in [0, 0.05) is 22.2 Å². The van der Waals surface area contributed by atoms with Gasteiger partial charge in [-0.15, -0.1) is 0 Å². The van der Waals surface area contributed by atoms with Gasteiger partial charge in [-0.2, -0.15) is 4.99 Å². The number of amidine groups is 2. The standard InChI is InChI=1S/C29H22N4OS/c1-18-15-22(19(2)32(18)25-14-8-12-20-9-6-7-13-23(20)25)16-24-27(30)33-26(21-10-4-3-5-11-21)17-35-29(33)31-28(24)34/h3-17,30H,1-2H3. The number of aliphatic imine (C=N–C) groups is 1. The molecule has 0 bridgehead atoms. The first kappa shape index (κ1) is 21.4. The summed E-state index contributed by atoms with van der Waals surface area (Å²) in [4.78, 5) is 19.0. The maximum Gasteiger partial charge on any atom is 0.283 e. The van der Waals surface area contributed by atoms with E-state index in [1.807, 2.05) is 54.8 Å². The number of rotatable bonds is 3. The van der Waals surface area contributed by atoms with Crippen molar-refractivity contribution in [3.05, 3.63) is 112 Å². The lowest BCUT2D eigenvalue weighted by atomic mass is 10.1. The van der Waals surface area contributed by atoms with Crippen molar-refractivity contribution in [3.63, 3.8) is 0 Å². The molecule has 2 aliphatic heterocycles. The molecular weight excluding hydrogens is 452 g/mol. The van der Waals surface area contributed by atoms with Gasteiger partial charge in [-0.1, -0.05) is 78.5 Å². The summed E-state index contributed by atoms with van der Waals surface area (Å²) in [6.07, 6.45) is 1.81. The molecule has 0 saturated heterocycles. The molecule has 0 fully saturated rings. The van der Waals surface area contributed by atoms with Gasteiger partial charge in [0.15, 0.2) is 5.17 Å². The normalized spacial score (nSPS) is 16.6.